The molecule has 0 spiro atoms. The summed E-state index contributed by atoms with van der Waals surface area (Å²) in [5.41, 5.74) is 3.52. The van der Waals surface area contributed by atoms with Crippen molar-refractivity contribution in [1.29, 1.82) is 0 Å². The lowest BCUT2D eigenvalue weighted by Crippen LogP contribution is -2.31. The zero-order chi connectivity index (χ0) is 19.2. The molecule has 0 aromatic heterocycles. The predicted octanol–water partition coefficient (Wildman–Crippen LogP) is 3.74. The first kappa shape index (κ1) is 20.0. The van der Waals surface area contributed by atoms with Crippen LogP contribution < -0.4 is 9.62 Å². The van der Waals surface area contributed by atoms with Gasteiger partial charge in [0.25, 0.3) is 0 Å². The van der Waals surface area contributed by atoms with Gasteiger partial charge in [0.2, 0.25) is 15.9 Å². The molecule has 0 fully saturated rings. The average Bonchev–Trinajstić information content (AvgIpc) is 2.58. The molecule has 2 aromatic carbocycles. The number of carbonyl (C=O) groups excluding carboxylic acids is 1. The van der Waals surface area contributed by atoms with E-state index in [1.54, 1.807) is 6.07 Å². The van der Waals surface area contributed by atoms with E-state index in [4.69, 9.17) is 0 Å². The Morgan fingerprint density at radius 1 is 1.12 bits per heavy atom. The van der Waals surface area contributed by atoms with Crippen LogP contribution in [0.25, 0.3) is 0 Å². The fourth-order valence-corrected chi connectivity index (χ4v) is 3.77. The number of para-hydroxylation sites is 1. The molecule has 0 saturated heterocycles. The van der Waals surface area contributed by atoms with Crippen LogP contribution in [0.1, 0.15) is 30.9 Å². The molecule has 26 heavy (non-hydrogen) atoms. The summed E-state index contributed by atoms with van der Waals surface area (Å²) in [5, 5.41) is 2.92. The number of nitrogens with zero attached hydrogens (tertiary/aromatic N) is 1. The smallest absolute Gasteiger partial charge is 0.232 e. The summed E-state index contributed by atoms with van der Waals surface area (Å²) in [4.78, 5) is 12.2. The van der Waals surface area contributed by atoms with Crippen molar-refractivity contribution in [3.8, 4) is 0 Å². The van der Waals surface area contributed by atoms with Crippen molar-refractivity contribution in [3.05, 3.63) is 59.7 Å². The van der Waals surface area contributed by atoms with Crippen molar-refractivity contribution >= 4 is 27.3 Å². The molecule has 1 N–H and O–H groups in total. The van der Waals surface area contributed by atoms with Crippen LogP contribution in [0.5, 0.6) is 0 Å². The number of benzene rings is 2. The number of aryl methyl sites for hydroxylation is 2. The Kier molecular flexibility index (Phi) is 6.80. The van der Waals surface area contributed by atoms with Gasteiger partial charge >= 0.3 is 0 Å². The first-order chi connectivity index (χ1) is 12.3. The molecule has 0 saturated carbocycles. The highest BCUT2D eigenvalue weighted by Crippen LogP contribution is 2.20. The van der Waals surface area contributed by atoms with E-state index in [0.717, 1.165) is 23.2 Å². The Bertz CT molecular complexity index is 863. The molecule has 1 amide bonds. The molecule has 0 aliphatic rings. The molecular weight excluding hydrogens is 348 g/mol. The van der Waals surface area contributed by atoms with E-state index >= 15 is 0 Å². The number of nitrogens with one attached hydrogen (secondary N) is 1. The van der Waals surface area contributed by atoms with Gasteiger partial charge in [0.05, 0.1) is 11.9 Å². The van der Waals surface area contributed by atoms with Gasteiger partial charge in [-0.25, -0.2) is 8.42 Å². The van der Waals surface area contributed by atoms with Gasteiger partial charge < -0.3 is 5.32 Å². The molecule has 0 unspecified atom stereocenters. The number of carbonyl (C=O) groups is 1. The summed E-state index contributed by atoms with van der Waals surface area (Å²) in [6.45, 7) is 4.23. The van der Waals surface area contributed by atoms with Gasteiger partial charge in [0.15, 0.2) is 0 Å². The third kappa shape index (κ3) is 5.59. The van der Waals surface area contributed by atoms with Gasteiger partial charge in [-0.3, -0.25) is 9.10 Å². The molecule has 2 aromatic rings. The van der Waals surface area contributed by atoms with E-state index in [0.29, 0.717) is 12.1 Å². The first-order valence-corrected chi connectivity index (χ1v) is 10.6. The van der Waals surface area contributed by atoms with Crippen LogP contribution in [0.3, 0.4) is 0 Å². The van der Waals surface area contributed by atoms with Crippen LogP contribution in [-0.2, 0) is 21.2 Å². The van der Waals surface area contributed by atoms with Crippen LogP contribution in [-0.4, -0.2) is 27.1 Å². The van der Waals surface area contributed by atoms with Gasteiger partial charge in [-0.05, 0) is 49.1 Å². The first-order valence-electron chi connectivity index (χ1n) is 8.73. The molecule has 140 valence electrons. The van der Waals surface area contributed by atoms with E-state index in [1.165, 1.54) is 10.6 Å². The maximum Gasteiger partial charge on any atom is 0.232 e. The fraction of sp³-hybridized carbons (Fsp3) is 0.350. The Labute approximate surface area is 156 Å². The second-order valence-corrected chi connectivity index (χ2v) is 8.24. The summed E-state index contributed by atoms with van der Waals surface area (Å²) in [7, 11) is -3.40. The molecule has 0 heterocycles. The minimum absolute atomic E-state index is 0.108. The summed E-state index contributed by atoms with van der Waals surface area (Å²) in [5.74, 6) is -0.108. The van der Waals surface area contributed by atoms with E-state index in [9.17, 15) is 13.2 Å². The van der Waals surface area contributed by atoms with Crippen molar-refractivity contribution in [2.24, 2.45) is 0 Å². The van der Waals surface area contributed by atoms with Crippen molar-refractivity contribution < 1.29 is 13.2 Å². The molecule has 0 aliphatic carbocycles. The standard InChI is InChI=1S/C20H26N2O3S/c1-4-17-10-5-6-12-19(17)21-20(23)13-8-14-22(26(3,24)25)18-11-7-9-16(2)15-18/h5-7,9-12,15H,4,8,13-14H2,1-3H3,(H,21,23). The lowest BCUT2D eigenvalue weighted by atomic mass is 10.1. The fourth-order valence-electron chi connectivity index (χ4n) is 2.82. The molecule has 0 bridgehead atoms. The predicted molar refractivity (Wildman–Crippen MR) is 107 cm³/mol. The Hall–Kier alpha value is -2.34. The van der Waals surface area contributed by atoms with E-state index < -0.39 is 10.0 Å². The summed E-state index contributed by atoms with van der Waals surface area (Å²) in [6, 6.07) is 15.0. The molecule has 0 aliphatic heterocycles. The minimum atomic E-state index is -3.40. The second-order valence-electron chi connectivity index (χ2n) is 6.34. The topological polar surface area (TPSA) is 66.5 Å². The highest BCUT2D eigenvalue weighted by atomic mass is 32.2. The Morgan fingerprint density at radius 2 is 1.85 bits per heavy atom. The van der Waals surface area contributed by atoms with E-state index in [2.05, 4.69) is 5.32 Å². The number of sulfonamides is 1. The number of hydrogen-bond donors (Lipinski definition) is 1. The lowest BCUT2D eigenvalue weighted by molar-refractivity contribution is -0.116. The molecular formula is C20H26N2O3S. The zero-order valence-electron chi connectivity index (χ0n) is 15.5. The number of rotatable bonds is 8. The zero-order valence-corrected chi connectivity index (χ0v) is 16.3. The molecule has 6 heteroatoms. The molecule has 5 nitrogen and oxygen atoms in total. The van der Waals surface area contributed by atoms with Gasteiger partial charge in [-0.1, -0.05) is 37.3 Å². The van der Waals surface area contributed by atoms with Crippen molar-refractivity contribution in [1.82, 2.24) is 0 Å². The van der Waals surface area contributed by atoms with E-state index in [-0.39, 0.29) is 18.9 Å². The molecule has 0 atom stereocenters. The lowest BCUT2D eigenvalue weighted by Gasteiger charge is -2.22. The monoisotopic (exact) mass is 374 g/mol. The number of hydrogen-bond acceptors (Lipinski definition) is 3. The second kappa shape index (κ2) is 8.85. The van der Waals surface area contributed by atoms with Gasteiger partial charge in [-0.2, -0.15) is 0 Å². The van der Waals surface area contributed by atoms with Crippen molar-refractivity contribution in [3.63, 3.8) is 0 Å². The Morgan fingerprint density at radius 3 is 2.50 bits per heavy atom. The SMILES string of the molecule is CCc1ccccc1NC(=O)CCCN(c1cccc(C)c1)S(C)(=O)=O. The average molecular weight is 375 g/mol. The van der Waals surface area contributed by atoms with Crippen molar-refractivity contribution in [2.45, 2.75) is 33.1 Å². The van der Waals surface area contributed by atoms with Gasteiger partial charge in [-0.15, -0.1) is 0 Å². The third-order valence-corrected chi connectivity index (χ3v) is 5.32. The van der Waals surface area contributed by atoms with E-state index in [1.807, 2.05) is 56.3 Å². The summed E-state index contributed by atoms with van der Waals surface area (Å²) >= 11 is 0. The highest BCUT2D eigenvalue weighted by Gasteiger charge is 2.17. The maximum atomic E-state index is 12.2. The normalized spacial score (nSPS) is 11.2. The van der Waals surface area contributed by atoms with Crippen LogP contribution in [0.4, 0.5) is 11.4 Å². The summed E-state index contributed by atoms with van der Waals surface area (Å²) < 4.78 is 25.6. The minimum Gasteiger partial charge on any atom is -0.326 e. The quantitative estimate of drug-likeness (QED) is 0.765. The molecule has 0 radical (unpaired) electrons. The van der Waals surface area contributed by atoms with Crippen LogP contribution in [0, 0.1) is 6.92 Å². The third-order valence-electron chi connectivity index (χ3n) is 4.13. The van der Waals surface area contributed by atoms with Crippen LogP contribution in [0.2, 0.25) is 0 Å². The van der Waals surface area contributed by atoms with Crippen LogP contribution >= 0.6 is 0 Å². The van der Waals surface area contributed by atoms with Crippen LogP contribution in [0.15, 0.2) is 48.5 Å². The maximum absolute atomic E-state index is 12.2. The Balaban J connectivity index is 1.98. The summed E-state index contributed by atoms with van der Waals surface area (Å²) in [6.07, 6.45) is 2.73. The van der Waals surface area contributed by atoms with Gasteiger partial charge in [0, 0.05) is 18.7 Å². The highest BCUT2D eigenvalue weighted by molar-refractivity contribution is 7.92. The number of anilines is 2. The largest absolute Gasteiger partial charge is 0.326 e. The van der Waals surface area contributed by atoms with Gasteiger partial charge in [0.1, 0.15) is 0 Å². The van der Waals surface area contributed by atoms with Crippen molar-refractivity contribution in [2.75, 3.05) is 22.4 Å². The number of amides is 1. The molecule has 2 rings (SSSR count).